The molecule has 0 heterocycles. The van der Waals surface area contributed by atoms with Crippen LogP contribution in [0.15, 0.2) is 18.2 Å². The molecular weight excluding hydrogens is 264 g/mol. The van der Waals surface area contributed by atoms with Gasteiger partial charge in [-0.2, -0.15) is 5.26 Å². The number of rotatable bonds is 6. The molecule has 1 unspecified atom stereocenters. The summed E-state index contributed by atoms with van der Waals surface area (Å²) in [6, 6.07) is 5.57. The Bertz CT molecular complexity index is 553. The van der Waals surface area contributed by atoms with Crippen molar-refractivity contribution in [1.29, 1.82) is 5.26 Å². The summed E-state index contributed by atoms with van der Waals surface area (Å²) in [6.07, 6.45) is 0.0826. The van der Waals surface area contributed by atoms with Crippen LogP contribution < -0.4 is 16.0 Å². The summed E-state index contributed by atoms with van der Waals surface area (Å²) in [5.41, 5.74) is 1.73. The molecule has 0 aromatic heterocycles. The zero-order valence-electron chi connectivity index (χ0n) is 10.8. The Morgan fingerprint density at radius 3 is 2.85 bits per heavy atom. The molecule has 8 heteroatoms. The van der Waals surface area contributed by atoms with Crippen LogP contribution in [0.25, 0.3) is 0 Å². The maximum Gasteiger partial charge on any atom is 0.312 e. The molecule has 0 aliphatic rings. The Hall–Kier alpha value is -2.66. The summed E-state index contributed by atoms with van der Waals surface area (Å²) in [5, 5.41) is 19.7. The van der Waals surface area contributed by atoms with E-state index >= 15 is 0 Å². The Balaban J connectivity index is 3.09. The molecule has 0 radical (unpaired) electrons. The zero-order chi connectivity index (χ0) is 15.1. The molecule has 1 amide bonds. The van der Waals surface area contributed by atoms with Crippen LogP contribution in [0, 0.1) is 21.4 Å². The van der Waals surface area contributed by atoms with Crippen LogP contribution in [0.3, 0.4) is 0 Å². The molecular formula is C12H14N4O4. The van der Waals surface area contributed by atoms with E-state index in [9.17, 15) is 14.9 Å². The fourth-order valence-electron chi connectivity index (χ4n) is 1.58. The van der Waals surface area contributed by atoms with E-state index < -0.39 is 16.9 Å². The molecule has 1 aromatic rings. The molecule has 0 aliphatic heterocycles. The monoisotopic (exact) mass is 278 g/mol. The van der Waals surface area contributed by atoms with Gasteiger partial charge in [-0.1, -0.05) is 13.3 Å². The molecule has 20 heavy (non-hydrogen) atoms. The van der Waals surface area contributed by atoms with Gasteiger partial charge < -0.3 is 4.74 Å². The summed E-state index contributed by atoms with van der Waals surface area (Å²) in [6.45, 7) is 1.84. The molecule has 0 spiro atoms. The average Bonchev–Trinajstić information content (AvgIpc) is 2.46. The minimum Gasteiger partial charge on any atom is -0.473 e. The van der Waals surface area contributed by atoms with Gasteiger partial charge in [0.1, 0.15) is 0 Å². The summed E-state index contributed by atoms with van der Waals surface area (Å²) >= 11 is 0. The highest BCUT2D eigenvalue weighted by molar-refractivity contribution is 5.80. The molecule has 1 aromatic carbocycles. The highest BCUT2D eigenvalue weighted by Gasteiger charge is 2.23. The third-order valence-electron chi connectivity index (χ3n) is 2.54. The number of hydrogen-bond donors (Lipinski definition) is 2. The first kappa shape index (κ1) is 15.4. The van der Waals surface area contributed by atoms with Crippen molar-refractivity contribution in [2.45, 2.75) is 25.9 Å². The number of hydrogen-bond acceptors (Lipinski definition) is 6. The molecule has 1 rings (SSSR count). The number of benzene rings is 1. The molecule has 0 bridgehead atoms. The first-order valence-electron chi connectivity index (χ1n) is 5.89. The lowest BCUT2D eigenvalue weighted by Gasteiger charge is -2.16. The highest BCUT2D eigenvalue weighted by Crippen LogP contribution is 2.29. The summed E-state index contributed by atoms with van der Waals surface area (Å²) in [7, 11) is 0. The summed E-state index contributed by atoms with van der Waals surface area (Å²) in [5.74, 6) is 4.41. The van der Waals surface area contributed by atoms with Crippen molar-refractivity contribution in [3.63, 3.8) is 0 Å². The standard InChI is InChI=1S/C12H14N4O4/c1-2-3-11(12(17)15-14)20-10-5-4-8(7-13)6-9(10)16(18)19/h4-6,11H,2-3,14H2,1H3,(H,15,17). The highest BCUT2D eigenvalue weighted by atomic mass is 16.6. The van der Waals surface area contributed by atoms with E-state index in [-0.39, 0.29) is 17.0 Å². The quantitative estimate of drug-likeness (QED) is 0.345. The van der Waals surface area contributed by atoms with E-state index in [0.717, 1.165) is 6.07 Å². The number of carbonyl (C=O) groups excluding carboxylic acids is 1. The Morgan fingerprint density at radius 1 is 1.65 bits per heavy atom. The predicted octanol–water partition coefficient (Wildman–Crippen LogP) is 1.00. The van der Waals surface area contributed by atoms with Crippen molar-refractivity contribution in [1.82, 2.24) is 5.43 Å². The molecule has 3 N–H and O–H groups in total. The lowest BCUT2D eigenvalue weighted by atomic mass is 10.1. The van der Waals surface area contributed by atoms with Gasteiger partial charge >= 0.3 is 5.69 Å². The number of hydrazine groups is 1. The van der Waals surface area contributed by atoms with Crippen molar-refractivity contribution in [3.05, 3.63) is 33.9 Å². The third kappa shape index (κ3) is 3.66. The molecule has 8 nitrogen and oxygen atoms in total. The minimum atomic E-state index is -0.920. The maximum atomic E-state index is 11.5. The molecule has 0 fully saturated rings. The van der Waals surface area contributed by atoms with Crippen LogP contribution in [0.2, 0.25) is 0 Å². The van der Waals surface area contributed by atoms with Crippen molar-refractivity contribution >= 4 is 11.6 Å². The van der Waals surface area contributed by atoms with Crippen LogP contribution >= 0.6 is 0 Å². The van der Waals surface area contributed by atoms with E-state index in [4.69, 9.17) is 15.8 Å². The summed E-state index contributed by atoms with van der Waals surface area (Å²) < 4.78 is 5.36. The second-order valence-corrected chi connectivity index (χ2v) is 3.96. The van der Waals surface area contributed by atoms with Crippen molar-refractivity contribution in [2.24, 2.45) is 5.84 Å². The van der Waals surface area contributed by atoms with Gasteiger partial charge in [0.05, 0.1) is 16.6 Å². The van der Waals surface area contributed by atoms with Gasteiger partial charge in [-0.05, 0) is 18.6 Å². The second kappa shape index (κ2) is 7.06. The maximum absolute atomic E-state index is 11.5. The zero-order valence-corrected chi connectivity index (χ0v) is 10.8. The number of nitro groups is 1. The molecule has 106 valence electrons. The van der Waals surface area contributed by atoms with Crippen LogP contribution in [-0.4, -0.2) is 16.9 Å². The largest absolute Gasteiger partial charge is 0.473 e. The first-order chi connectivity index (χ1) is 9.53. The Morgan fingerprint density at radius 2 is 2.35 bits per heavy atom. The van der Waals surface area contributed by atoms with Gasteiger partial charge in [0.15, 0.2) is 11.9 Å². The lowest BCUT2D eigenvalue weighted by Crippen LogP contribution is -2.42. The number of nitrogens with zero attached hydrogens (tertiary/aromatic N) is 2. The van der Waals surface area contributed by atoms with E-state index in [0.29, 0.717) is 12.8 Å². The number of nitrogens with two attached hydrogens (primary N) is 1. The number of carbonyl (C=O) groups is 1. The summed E-state index contributed by atoms with van der Waals surface area (Å²) in [4.78, 5) is 21.8. The molecule has 0 saturated heterocycles. The van der Waals surface area contributed by atoms with Crippen LogP contribution in [-0.2, 0) is 4.79 Å². The van der Waals surface area contributed by atoms with Crippen LogP contribution in [0.5, 0.6) is 5.75 Å². The number of nitro benzene ring substituents is 1. The molecule has 1 atom stereocenters. The normalized spacial score (nSPS) is 11.2. The van der Waals surface area contributed by atoms with Crippen molar-refractivity contribution in [2.75, 3.05) is 0 Å². The Labute approximate surface area is 115 Å². The fourth-order valence-corrected chi connectivity index (χ4v) is 1.58. The minimum absolute atomic E-state index is 0.0731. The molecule has 0 aliphatic carbocycles. The lowest BCUT2D eigenvalue weighted by molar-refractivity contribution is -0.386. The SMILES string of the molecule is CCCC(Oc1ccc(C#N)cc1[N+](=O)[O-])C(=O)NN. The average molecular weight is 278 g/mol. The topological polar surface area (TPSA) is 131 Å². The van der Waals surface area contributed by atoms with E-state index in [1.54, 1.807) is 6.07 Å². The van der Waals surface area contributed by atoms with Crippen LogP contribution in [0.4, 0.5) is 5.69 Å². The molecule has 0 saturated carbocycles. The number of ether oxygens (including phenoxy) is 1. The number of nitrogens with one attached hydrogen (secondary N) is 1. The van der Waals surface area contributed by atoms with Crippen LogP contribution in [0.1, 0.15) is 25.3 Å². The van der Waals surface area contributed by atoms with Gasteiger partial charge in [0, 0.05) is 6.07 Å². The van der Waals surface area contributed by atoms with Gasteiger partial charge in [0.25, 0.3) is 5.91 Å². The van der Waals surface area contributed by atoms with E-state index in [1.165, 1.54) is 12.1 Å². The van der Waals surface area contributed by atoms with Gasteiger partial charge in [0.2, 0.25) is 0 Å². The van der Waals surface area contributed by atoms with Crippen molar-refractivity contribution < 1.29 is 14.5 Å². The fraction of sp³-hybridized carbons (Fsp3) is 0.333. The van der Waals surface area contributed by atoms with Gasteiger partial charge in [-0.15, -0.1) is 0 Å². The van der Waals surface area contributed by atoms with E-state index in [1.807, 2.05) is 12.3 Å². The van der Waals surface area contributed by atoms with Crippen molar-refractivity contribution in [3.8, 4) is 11.8 Å². The second-order valence-electron chi connectivity index (χ2n) is 3.96. The van der Waals surface area contributed by atoms with Gasteiger partial charge in [-0.25, -0.2) is 5.84 Å². The third-order valence-corrected chi connectivity index (χ3v) is 2.54. The van der Waals surface area contributed by atoms with Gasteiger partial charge in [-0.3, -0.25) is 20.3 Å². The smallest absolute Gasteiger partial charge is 0.312 e. The first-order valence-corrected chi connectivity index (χ1v) is 5.89. The number of amides is 1. The Kier molecular flexibility index (Phi) is 5.43. The number of nitriles is 1. The predicted molar refractivity (Wildman–Crippen MR) is 69.5 cm³/mol. The van der Waals surface area contributed by atoms with E-state index in [2.05, 4.69) is 0 Å².